The maximum atomic E-state index is 6.20. The molecule has 0 bridgehead atoms. The van der Waals surface area contributed by atoms with Gasteiger partial charge < -0.3 is 9.30 Å². The van der Waals surface area contributed by atoms with Crippen LogP contribution in [0.4, 0.5) is 0 Å². The summed E-state index contributed by atoms with van der Waals surface area (Å²) >= 11 is 14.1. The van der Waals surface area contributed by atoms with Crippen molar-refractivity contribution >= 4 is 35.0 Å². The van der Waals surface area contributed by atoms with Crippen LogP contribution in [0.2, 0.25) is 10.0 Å². The van der Waals surface area contributed by atoms with Crippen LogP contribution in [-0.2, 0) is 24.3 Å². The molecule has 2 aromatic carbocycles. The smallest absolute Gasteiger partial charge is 0.112 e. The fourth-order valence-electron chi connectivity index (χ4n) is 3.13. The fraction of sp³-hybridized carbons (Fsp3) is 0.348. The van der Waals surface area contributed by atoms with Gasteiger partial charge >= 0.3 is 0 Å². The summed E-state index contributed by atoms with van der Waals surface area (Å²) in [5.41, 5.74) is 2.29. The summed E-state index contributed by atoms with van der Waals surface area (Å²) in [6, 6.07) is 15.9. The lowest BCUT2D eigenvalue weighted by atomic mass is 10.1. The zero-order chi connectivity index (χ0) is 20.8. The highest BCUT2D eigenvalue weighted by atomic mass is 35.5. The van der Waals surface area contributed by atoms with Crippen molar-refractivity contribution < 1.29 is 4.74 Å². The Bertz CT molecular complexity index is 921. The zero-order valence-electron chi connectivity index (χ0n) is 17.0. The number of rotatable bonds is 9. The molecule has 0 unspecified atom stereocenters. The third-order valence-corrected chi connectivity index (χ3v) is 6.05. The monoisotopic (exact) mass is 448 g/mol. The van der Waals surface area contributed by atoms with E-state index < -0.39 is 0 Å². The van der Waals surface area contributed by atoms with Gasteiger partial charge in [-0.05, 0) is 36.6 Å². The van der Waals surface area contributed by atoms with E-state index in [-0.39, 0.29) is 0 Å². The van der Waals surface area contributed by atoms with Gasteiger partial charge in [0.2, 0.25) is 0 Å². The van der Waals surface area contributed by atoms with E-state index in [4.69, 9.17) is 32.9 Å². The number of halogens is 2. The van der Waals surface area contributed by atoms with Gasteiger partial charge in [0.1, 0.15) is 10.9 Å². The average Bonchev–Trinajstić information content (AvgIpc) is 3.02. The number of imidazole rings is 1. The number of hydrogen-bond acceptors (Lipinski definition) is 3. The quantitative estimate of drug-likeness (QED) is 0.322. The molecule has 0 spiro atoms. The molecular formula is C23H26Cl2N2OS. The molecular weight excluding hydrogens is 423 g/mol. The van der Waals surface area contributed by atoms with E-state index >= 15 is 0 Å². The summed E-state index contributed by atoms with van der Waals surface area (Å²) in [6.07, 6.45) is 0.775. The molecule has 0 atom stereocenters. The highest BCUT2D eigenvalue weighted by Crippen LogP contribution is 2.37. The Morgan fingerprint density at radius 3 is 2.38 bits per heavy atom. The summed E-state index contributed by atoms with van der Waals surface area (Å²) in [7, 11) is 0. The Labute approximate surface area is 187 Å². The van der Waals surface area contributed by atoms with E-state index in [9.17, 15) is 0 Å². The predicted octanol–water partition coefficient (Wildman–Crippen LogP) is 7.24. The highest BCUT2D eigenvalue weighted by molar-refractivity contribution is 7.99. The lowest BCUT2D eigenvalue weighted by molar-refractivity contribution is 0.122. The molecule has 0 N–H and O–H groups in total. The van der Waals surface area contributed by atoms with Gasteiger partial charge in [0.15, 0.2) is 0 Å². The van der Waals surface area contributed by atoms with Crippen LogP contribution in [0.3, 0.4) is 0 Å². The van der Waals surface area contributed by atoms with Crippen molar-refractivity contribution in [2.75, 3.05) is 6.61 Å². The molecule has 3 rings (SSSR count). The molecule has 0 aliphatic heterocycles. The van der Waals surface area contributed by atoms with Crippen molar-refractivity contribution in [3.05, 3.63) is 75.7 Å². The van der Waals surface area contributed by atoms with Gasteiger partial charge in [-0.25, -0.2) is 4.98 Å². The fourth-order valence-corrected chi connectivity index (χ4v) is 5.11. The average molecular weight is 449 g/mol. The van der Waals surface area contributed by atoms with Crippen molar-refractivity contribution in [1.82, 2.24) is 9.55 Å². The second-order valence-corrected chi connectivity index (χ2v) is 9.05. The molecule has 1 heterocycles. The first kappa shape index (κ1) is 22.2. The van der Waals surface area contributed by atoms with Crippen LogP contribution in [0.5, 0.6) is 0 Å². The van der Waals surface area contributed by atoms with Crippen LogP contribution < -0.4 is 0 Å². The molecule has 1 aromatic heterocycles. The summed E-state index contributed by atoms with van der Waals surface area (Å²) in [5, 5.41) is 2.44. The number of nitrogens with zero attached hydrogens (tertiary/aromatic N) is 2. The number of ether oxygens (including phenoxy) is 1. The highest BCUT2D eigenvalue weighted by Gasteiger charge is 2.20. The van der Waals surface area contributed by atoms with E-state index in [0.29, 0.717) is 29.2 Å². The first-order valence-corrected chi connectivity index (χ1v) is 11.4. The minimum absolute atomic E-state index is 0.323. The lowest BCUT2D eigenvalue weighted by Crippen LogP contribution is -2.07. The third kappa shape index (κ3) is 6.02. The molecule has 3 nitrogen and oxygen atoms in total. The molecule has 0 amide bonds. The maximum Gasteiger partial charge on any atom is 0.112 e. The van der Waals surface area contributed by atoms with Crippen molar-refractivity contribution in [3.8, 4) is 0 Å². The Kier molecular flexibility index (Phi) is 8.07. The third-order valence-electron chi connectivity index (χ3n) is 4.52. The van der Waals surface area contributed by atoms with Crippen LogP contribution in [-0.4, -0.2) is 16.2 Å². The predicted molar refractivity (Wildman–Crippen MR) is 122 cm³/mol. The van der Waals surface area contributed by atoms with E-state index in [1.807, 2.05) is 30.3 Å². The van der Waals surface area contributed by atoms with E-state index in [2.05, 4.69) is 37.5 Å². The molecule has 6 heteroatoms. The van der Waals surface area contributed by atoms with Crippen LogP contribution in [0.1, 0.15) is 43.8 Å². The van der Waals surface area contributed by atoms with Gasteiger partial charge in [0.05, 0.1) is 18.9 Å². The molecule has 0 saturated carbocycles. The normalized spacial score (nSPS) is 11.4. The number of hydrogen-bond donors (Lipinski definition) is 0. The van der Waals surface area contributed by atoms with Crippen LogP contribution in [0.25, 0.3) is 0 Å². The molecule has 154 valence electrons. The van der Waals surface area contributed by atoms with Gasteiger partial charge in [-0.2, -0.15) is 0 Å². The second kappa shape index (κ2) is 10.5. The summed E-state index contributed by atoms with van der Waals surface area (Å²) in [4.78, 5) is 5.98. The lowest BCUT2D eigenvalue weighted by Gasteiger charge is -2.12. The Balaban J connectivity index is 1.76. The first-order chi connectivity index (χ1) is 14.0. The SMILES string of the molecule is CCn1c(CCOCc2ccccc2)nc(C(C)C)c1Sc1cc(Cl)cc(Cl)c1. The van der Waals surface area contributed by atoms with Gasteiger partial charge in [-0.3, -0.25) is 0 Å². The topological polar surface area (TPSA) is 27.1 Å². The maximum absolute atomic E-state index is 6.20. The molecule has 0 fully saturated rings. The summed E-state index contributed by atoms with van der Waals surface area (Å²) < 4.78 is 8.17. The van der Waals surface area contributed by atoms with Crippen LogP contribution in [0.15, 0.2) is 58.5 Å². The molecule has 29 heavy (non-hydrogen) atoms. The van der Waals surface area contributed by atoms with Crippen LogP contribution >= 0.6 is 35.0 Å². The minimum Gasteiger partial charge on any atom is -0.376 e. The largest absolute Gasteiger partial charge is 0.376 e. The van der Waals surface area contributed by atoms with Gasteiger partial charge in [0, 0.05) is 27.9 Å². The van der Waals surface area contributed by atoms with Gasteiger partial charge in [-0.1, -0.05) is 79.1 Å². The van der Waals surface area contributed by atoms with Crippen LogP contribution in [0, 0.1) is 0 Å². The molecule has 3 aromatic rings. The van der Waals surface area contributed by atoms with Crippen molar-refractivity contribution in [2.45, 2.75) is 56.2 Å². The van der Waals surface area contributed by atoms with Crippen molar-refractivity contribution in [1.29, 1.82) is 0 Å². The molecule has 0 aliphatic rings. The summed E-state index contributed by atoms with van der Waals surface area (Å²) in [5.74, 6) is 1.38. The molecule has 0 radical (unpaired) electrons. The van der Waals surface area contributed by atoms with Gasteiger partial charge in [0.25, 0.3) is 0 Å². The number of aromatic nitrogens is 2. The molecule has 0 saturated heterocycles. The minimum atomic E-state index is 0.323. The molecule has 0 aliphatic carbocycles. The second-order valence-electron chi connectivity index (χ2n) is 7.11. The Morgan fingerprint density at radius 1 is 1.07 bits per heavy atom. The van der Waals surface area contributed by atoms with Crippen molar-refractivity contribution in [3.63, 3.8) is 0 Å². The number of benzene rings is 2. The standard InChI is InChI=1S/C23H26Cl2N2OS/c1-4-27-21(10-11-28-15-17-8-6-5-7-9-17)26-22(16(2)3)23(27)29-20-13-18(24)12-19(25)14-20/h5-9,12-14,16H,4,10-11,15H2,1-3H3. The van der Waals surface area contributed by atoms with Crippen molar-refractivity contribution in [2.24, 2.45) is 0 Å². The zero-order valence-corrected chi connectivity index (χ0v) is 19.3. The Morgan fingerprint density at radius 2 is 1.76 bits per heavy atom. The Hall–Kier alpha value is -1.46. The van der Waals surface area contributed by atoms with E-state index in [1.54, 1.807) is 17.8 Å². The van der Waals surface area contributed by atoms with Gasteiger partial charge in [-0.15, -0.1) is 0 Å². The first-order valence-electron chi connectivity index (χ1n) is 9.82. The van der Waals surface area contributed by atoms with E-state index in [0.717, 1.165) is 34.4 Å². The summed E-state index contributed by atoms with van der Waals surface area (Å²) in [6.45, 7) is 8.60. The van der Waals surface area contributed by atoms with E-state index in [1.165, 1.54) is 5.56 Å².